The van der Waals surface area contributed by atoms with Crippen molar-refractivity contribution in [1.82, 2.24) is 4.68 Å². The van der Waals surface area contributed by atoms with Crippen molar-refractivity contribution in [2.24, 2.45) is 7.05 Å². The van der Waals surface area contributed by atoms with Crippen molar-refractivity contribution in [3.8, 4) is 0 Å². The molecule has 3 N–H and O–H groups in total. The van der Waals surface area contributed by atoms with Crippen molar-refractivity contribution in [3.05, 3.63) is 45.7 Å². The summed E-state index contributed by atoms with van der Waals surface area (Å²) in [6.07, 6.45) is 3.87. The number of nitrogens with one attached hydrogen (secondary N) is 1. The largest absolute Gasteiger partial charge is 0.393 e. The second-order valence-corrected chi connectivity index (χ2v) is 4.71. The van der Waals surface area contributed by atoms with E-state index in [4.69, 9.17) is 17.3 Å². The molecule has 1 aromatic heterocycles. The smallest absolute Gasteiger partial charge is 0.294 e. The van der Waals surface area contributed by atoms with Gasteiger partial charge in [0, 0.05) is 12.1 Å². The van der Waals surface area contributed by atoms with Gasteiger partial charge in [0.15, 0.2) is 12.7 Å². The highest BCUT2D eigenvalue weighted by molar-refractivity contribution is 6.33. The molecule has 7 nitrogen and oxygen atoms in total. The molecule has 1 heterocycles. The number of nitrogens with zero attached hydrogens (tertiary/aromatic N) is 3. The number of halogens is 1. The lowest BCUT2D eigenvalue weighted by Crippen LogP contribution is -2.43. The minimum atomic E-state index is -0.525. The maximum absolute atomic E-state index is 10.8. The molecule has 0 saturated carbocycles. The molecule has 0 atom stereocenters. The topological polar surface area (TPSA) is 90.0 Å². The Kier molecular flexibility index (Phi) is 4.09. The number of hydrogen-bond donors (Lipinski definition) is 2. The summed E-state index contributed by atoms with van der Waals surface area (Å²) < 4.78 is 3.93. The number of nitrogens with two attached hydrogens (primary N) is 1. The zero-order valence-corrected chi connectivity index (χ0v) is 11.7. The number of anilines is 2. The fourth-order valence-electron chi connectivity index (χ4n) is 1.86. The van der Waals surface area contributed by atoms with Crippen LogP contribution in [0.25, 0.3) is 0 Å². The van der Waals surface area contributed by atoms with Gasteiger partial charge in [0.25, 0.3) is 5.69 Å². The van der Waals surface area contributed by atoms with E-state index in [9.17, 15) is 10.1 Å². The number of nitrogen functional groups attached to an aromatic ring is 1. The van der Waals surface area contributed by atoms with Gasteiger partial charge >= 0.3 is 0 Å². The zero-order valence-electron chi connectivity index (χ0n) is 10.9. The van der Waals surface area contributed by atoms with Gasteiger partial charge in [-0.25, -0.2) is 0 Å². The Morgan fingerprint density at radius 3 is 2.90 bits per heavy atom. The maximum Gasteiger partial charge on any atom is 0.294 e. The fourth-order valence-corrected chi connectivity index (χ4v) is 2.10. The Hall–Kier alpha value is -2.28. The molecule has 0 fully saturated rings. The lowest BCUT2D eigenvalue weighted by molar-refractivity contribution is -0.770. The molecule has 0 radical (unpaired) electrons. The van der Waals surface area contributed by atoms with Crippen LogP contribution < -0.4 is 15.7 Å². The van der Waals surface area contributed by atoms with Gasteiger partial charge in [0.05, 0.1) is 35.4 Å². The number of aromatic nitrogens is 2. The molecular formula is C12H15ClN5O2+. The molecule has 106 valence electrons. The highest BCUT2D eigenvalue weighted by Crippen LogP contribution is 2.32. The molecule has 0 aliphatic rings. The summed E-state index contributed by atoms with van der Waals surface area (Å²) in [7, 11) is 1.93. The van der Waals surface area contributed by atoms with Crippen LogP contribution in [0.3, 0.4) is 0 Å². The summed E-state index contributed by atoms with van der Waals surface area (Å²) in [6.45, 7) is 1.29. The van der Waals surface area contributed by atoms with Gasteiger partial charge in [-0.15, -0.1) is 4.68 Å². The minimum absolute atomic E-state index is 0.0577. The second kappa shape index (κ2) is 5.79. The van der Waals surface area contributed by atoms with E-state index in [-0.39, 0.29) is 11.4 Å². The van der Waals surface area contributed by atoms with Crippen molar-refractivity contribution in [3.63, 3.8) is 0 Å². The first-order valence-corrected chi connectivity index (χ1v) is 6.35. The Morgan fingerprint density at radius 2 is 2.30 bits per heavy atom. The summed E-state index contributed by atoms with van der Waals surface area (Å²) in [5.41, 5.74) is 5.97. The van der Waals surface area contributed by atoms with Crippen molar-refractivity contribution in [2.45, 2.75) is 6.54 Å². The van der Waals surface area contributed by atoms with E-state index in [1.165, 1.54) is 12.1 Å². The van der Waals surface area contributed by atoms with Crippen LogP contribution in [0, 0.1) is 10.1 Å². The first-order chi connectivity index (χ1) is 9.49. The van der Waals surface area contributed by atoms with Crippen molar-refractivity contribution >= 4 is 28.7 Å². The predicted molar refractivity (Wildman–Crippen MR) is 76.6 cm³/mol. The van der Waals surface area contributed by atoms with Crippen molar-refractivity contribution in [1.29, 1.82) is 0 Å². The number of nitro groups is 1. The van der Waals surface area contributed by atoms with E-state index in [2.05, 4.69) is 5.32 Å². The van der Waals surface area contributed by atoms with Gasteiger partial charge in [0.1, 0.15) is 5.69 Å². The van der Waals surface area contributed by atoms with Crippen LogP contribution in [0.4, 0.5) is 17.1 Å². The third kappa shape index (κ3) is 3.00. The van der Waals surface area contributed by atoms with Crippen LogP contribution in [0.1, 0.15) is 0 Å². The Morgan fingerprint density at radius 1 is 1.55 bits per heavy atom. The van der Waals surface area contributed by atoms with Gasteiger partial charge in [0.2, 0.25) is 0 Å². The van der Waals surface area contributed by atoms with Gasteiger partial charge in [-0.2, -0.15) is 4.68 Å². The predicted octanol–water partition coefficient (Wildman–Crippen LogP) is 1.57. The number of benzene rings is 1. The molecule has 0 unspecified atom stereocenters. The van der Waals surface area contributed by atoms with Gasteiger partial charge in [-0.1, -0.05) is 11.6 Å². The van der Waals surface area contributed by atoms with Crippen molar-refractivity contribution < 1.29 is 9.61 Å². The number of rotatable bonds is 5. The monoisotopic (exact) mass is 296 g/mol. The molecule has 1 aromatic carbocycles. The molecular weight excluding hydrogens is 282 g/mol. The third-order valence-corrected chi connectivity index (χ3v) is 3.25. The normalized spacial score (nSPS) is 10.5. The SMILES string of the molecule is Cn1ccc[n+]1CCNc1cc([N+](=O)[O-])c(N)cc1Cl. The maximum atomic E-state index is 10.8. The van der Waals surface area contributed by atoms with E-state index in [1.54, 1.807) is 0 Å². The van der Waals surface area contributed by atoms with Crippen LogP contribution in [0.2, 0.25) is 5.02 Å². The van der Waals surface area contributed by atoms with Gasteiger partial charge in [-0.3, -0.25) is 10.1 Å². The highest BCUT2D eigenvalue weighted by Gasteiger charge is 2.15. The first-order valence-electron chi connectivity index (χ1n) is 5.97. The number of aryl methyl sites for hydroxylation is 1. The summed E-state index contributed by atoms with van der Waals surface area (Å²) in [5.74, 6) is 0. The van der Waals surface area contributed by atoms with Crippen LogP contribution >= 0.6 is 11.6 Å². The minimum Gasteiger partial charge on any atom is -0.393 e. The molecule has 2 rings (SSSR count). The quantitative estimate of drug-likeness (QED) is 0.379. The van der Waals surface area contributed by atoms with Crippen LogP contribution in [-0.2, 0) is 13.6 Å². The summed E-state index contributed by atoms with van der Waals surface area (Å²) in [5, 5.41) is 14.3. The highest BCUT2D eigenvalue weighted by atomic mass is 35.5. The van der Waals surface area contributed by atoms with Crippen LogP contribution in [0.5, 0.6) is 0 Å². The molecule has 0 spiro atoms. The average Bonchev–Trinajstić information content (AvgIpc) is 2.77. The summed E-state index contributed by atoms with van der Waals surface area (Å²) >= 11 is 6.02. The van der Waals surface area contributed by atoms with Gasteiger partial charge < -0.3 is 11.1 Å². The van der Waals surface area contributed by atoms with Crippen molar-refractivity contribution in [2.75, 3.05) is 17.6 Å². The zero-order chi connectivity index (χ0) is 14.7. The Bertz CT molecular complexity index is 641. The molecule has 20 heavy (non-hydrogen) atoms. The third-order valence-electron chi connectivity index (χ3n) is 2.93. The lowest BCUT2D eigenvalue weighted by atomic mass is 10.2. The molecule has 0 aliphatic heterocycles. The van der Waals surface area contributed by atoms with Gasteiger partial charge in [-0.05, 0) is 6.07 Å². The van der Waals surface area contributed by atoms with E-state index in [0.29, 0.717) is 23.8 Å². The average molecular weight is 297 g/mol. The van der Waals surface area contributed by atoms with E-state index in [1.807, 2.05) is 34.9 Å². The second-order valence-electron chi connectivity index (χ2n) is 4.30. The number of nitro benzene ring substituents is 1. The molecule has 8 heteroatoms. The summed E-state index contributed by atoms with van der Waals surface area (Å²) in [6, 6.07) is 4.67. The molecule has 0 aliphatic carbocycles. The number of hydrogen-bond acceptors (Lipinski definition) is 4. The molecule has 0 saturated heterocycles. The molecule has 0 amide bonds. The molecule has 2 aromatic rings. The first kappa shape index (κ1) is 14.1. The van der Waals surface area contributed by atoms with Crippen LogP contribution in [0.15, 0.2) is 30.6 Å². The Labute approximate surface area is 120 Å². The summed E-state index contributed by atoms with van der Waals surface area (Å²) in [4.78, 5) is 10.3. The van der Waals surface area contributed by atoms with E-state index >= 15 is 0 Å². The Balaban J connectivity index is 2.08. The fraction of sp³-hybridized carbons (Fsp3) is 0.250. The standard InChI is InChI=1S/C12H15ClN5O2/c1-16-4-2-5-17(16)6-3-15-11-8-12(18(19)20)10(14)7-9(11)13/h2,4-5,7-8,15H,3,6,14H2,1H3/q+1. The van der Waals surface area contributed by atoms with E-state index in [0.717, 1.165) is 0 Å². The lowest BCUT2D eigenvalue weighted by Gasteiger charge is -2.08. The van der Waals surface area contributed by atoms with Crippen LogP contribution in [-0.4, -0.2) is 16.1 Å². The molecule has 0 bridgehead atoms. The van der Waals surface area contributed by atoms with E-state index < -0.39 is 4.92 Å².